The maximum absolute atomic E-state index is 5.88. The molecule has 0 aliphatic carbocycles. The van der Waals surface area contributed by atoms with E-state index in [4.69, 9.17) is 5.73 Å². The van der Waals surface area contributed by atoms with Gasteiger partial charge >= 0.3 is 0 Å². The number of nitrogens with two attached hydrogens (primary N) is 1. The monoisotopic (exact) mass is 459 g/mol. The van der Waals surface area contributed by atoms with Crippen molar-refractivity contribution in [3.63, 3.8) is 0 Å². The third-order valence-corrected chi connectivity index (χ3v) is 4.16. The minimum Gasteiger partial charge on any atom is -0.370 e. The van der Waals surface area contributed by atoms with E-state index in [1.807, 2.05) is 0 Å². The van der Waals surface area contributed by atoms with Crippen molar-refractivity contribution in [3.8, 4) is 0 Å². The lowest BCUT2D eigenvalue weighted by Crippen LogP contribution is -2.46. The maximum atomic E-state index is 5.88. The van der Waals surface area contributed by atoms with Crippen LogP contribution in [-0.4, -0.2) is 55.7 Å². The van der Waals surface area contributed by atoms with Crippen LogP contribution in [0.1, 0.15) is 33.6 Å². The Balaban J connectivity index is 0.00000312. The maximum Gasteiger partial charge on any atom is 0.188 e. The molecule has 2 rings (SSSR count). The third kappa shape index (κ3) is 8.76. The molecular formula is C19H34IN5. The van der Waals surface area contributed by atoms with E-state index in [1.165, 1.54) is 12.1 Å². The number of rotatable bonds is 6. The number of nitrogens with one attached hydrogen (secondary N) is 1. The van der Waals surface area contributed by atoms with Gasteiger partial charge < -0.3 is 16.0 Å². The minimum absolute atomic E-state index is 0. The molecule has 0 spiro atoms. The Morgan fingerprint density at radius 2 is 1.72 bits per heavy atom. The fourth-order valence-electron chi connectivity index (χ4n) is 2.94. The zero-order chi connectivity index (χ0) is 17.4. The summed E-state index contributed by atoms with van der Waals surface area (Å²) in [6.07, 6.45) is 2.27. The summed E-state index contributed by atoms with van der Waals surface area (Å²) in [5, 5.41) is 3.19. The van der Waals surface area contributed by atoms with Crippen LogP contribution in [0.5, 0.6) is 0 Å². The second-order valence-electron chi connectivity index (χ2n) is 7.51. The molecule has 0 saturated carbocycles. The van der Waals surface area contributed by atoms with Crippen LogP contribution >= 0.6 is 24.0 Å². The number of aliphatic imine (C=N–C) groups is 1. The number of para-hydroxylation sites is 1. The van der Waals surface area contributed by atoms with Gasteiger partial charge in [-0.2, -0.15) is 0 Å². The summed E-state index contributed by atoms with van der Waals surface area (Å²) < 4.78 is 0. The first-order valence-corrected chi connectivity index (χ1v) is 9.04. The van der Waals surface area contributed by atoms with Crippen LogP contribution < -0.4 is 16.0 Å². The molecule has 1 aliphatic rings. The van der Waals surface area contributed by atoms with Crippen molar-refractivity contribution in [1.29, 1.82) is 0 Å². The number of nitrogens with zero attached hydrogens (tertiary/aromatic N) is 3. The second kappa shape index (κ2) is 10.9. The standard InChI is InChI=1S/C19H33N5.HI/c1-19(2,3)22-18(20)21-11-7-8-12-23-13-15-24(16-14-23)17-9-5-4-6-10-17;/h4-6,9-10H,7-8,11-16H2,1-3H3,(H3,20,21,22);1H. The Labute approximate surface area is 170 Å². The largest absolute Gasteiger partial charge is 0.370 e. The summed E-state index contributed by atoms with van der Waals surface area (Å²) in [5.74, 6) is 0.555. The van der Waals surface area contributed by atoms with Crippen LogP contribution in [0.4, 0.5) is 5.69 Å². The first-order chi connectivity index (χ1) is 11.4. The lowest BCUT2D eigenvalue weighted by atomic mass is 10.1. The number of unbranched alkanes of at least 4 members (excludes halogenated alkanes) is 1. The predicted octanol–water partition coefficient (Wildman–Crippen LogP) is 2.91. The Kier molecular flexibility index (Phi) is 9.56. The van der Waals surface area contributed by atoms with E-state index < -0.39 is 0 Å². The van der Waals surface area contributed by atoms with Gasteiger partial charge in [-0.25, -0.2) is 0 Å². The highest BCUT2D eigenvalue weighted by Gasteiger charge is 2.16. The lowest BCUT2D eigenvalue weighted by Gasteiger charge is -2.36. The summed E-state index contributed by atoms with van der Waals surface area (Å²) in [7, 11) is 0. The molecule has 0 unspecified atom stereocenters. The first-order valence-electron chi connectivity index (χ1n) is 9.04. The van der Waals surface area contributed by atoms with Crippen LogP contribution in [-0.2, 0) is 0 Å². The van der Waals surface area contributed by atoms with Crippen LogP contribution in [0.25, 0.3) is 0 Å². The van der Waals surface area contributed by atoms with Crippen molar-refractivity contribution >= 4 is 35.6 Å². The average Bonchev–Trinajstić information content (AvgIpc) is 2.54. The average molecular weight is 459 g/mol. The van der Waals surface area contributed by atoms with Crippen LogP contribution in [0.15, 0.2) is 35.3 Å². The van der Waals surface area contributed by atoms with Gasteiger partial charge in [-0.15, -0.1) is 24.0 Å². The van der Waals surface area contributed by atoms with Crippen molar-refractivity contribution in [3.05, 3.63) is 30.3 Å². The van der Waals surface area contributed by atoms with E-state index in [0.717, 1.165) is 45.7 Å². The molecular weight excluding hydrogens is 425 g/mol. The topological polar surface area (TPSA) is 56.9 Å². The van der Waals surface area contributed by atoms with Crippen molar-refractivity contribution in [2.75, 3.05) is 44.2 Å². The SMILES string of the molecule is CC(C)(C)NC(N)=NCCCCN1CCN(c2ccccc2)CC1.I. The molecule has 25 heavy (non-hydrogen) atoms. The van der Waals surface area contributed by atoms with Gasteiger partial charge in [0.05, 0.1) is 0 Å². The van der Waals surface area contributed by atoms with Crippen molar-refractivity contribution in [2.24, 2.45) is 10.7 Å². The molecule has 1 saturated heterocycles. The summed E-state index contributed by atoms with van der Waals surface area (Å²) in [5.41, 5.74) is 7.20. The van der Waals surface area contributed by atoms with Gasteiger partial charge in [-0.3, -0.25) is 9.89 Å². The molecule has 1 fully saturated rings. The second-order valence-corrected chi connectivity index (χ2v) is 7.51. The molecule has 0 radical (unpaired) electrons. The number of guanidine groups is 1. The number of benzene rings is 1. The van der Waals surface area contributed by atoms with Gasteiger partial charge in [-0.05, 0) is 52.3 Å². The molecule has 1 heterocycles. The Morgan fingerprint density at radius 1 is 1.08 bits per heavy atom. The number of piperazine rings is 1. The normalized spacial score (nSPS) is 16.4. The van der Waals surface area contributed by atoms with E-state index >= 15 is 0 Å². The first kappa shape index (κ1) is 22.0. The summed E-state index contributed by atoms with van der Waals surface area (Å²) in [6, 6.07) is 10.7. The molecule has 0 bridgehead atoms. The molecule has 0 atom stereocenters. The van der Waals surface area contributed by atoms with Gasteiger partial charge in [-0.1, -0.05) is 18.2 Å². The summed E-state index contributed by atoms with van der Waals surface area (Å²) in [6.45, 7) is 12.7. The molecule has 0 aromatic heterocycles. The van der Waals surface area contributed by atoms with Gasteiger partial charge in [0.15, 0.2) is 5.96 Å². The van der Waals surface area contributed by atoms with Crippen molar-refractivity contribution < 1.29 is 0 Å². The highest BCUT2D eigenvalue weighted by atomic mass is 127. The zero-order valence-electron chi connectivity index (χ0n) is 15.9. The third-order valence-electron chi connectivity index (χ3n) is 4.16. The van der Waals surface area contributed by atoms with Crippen LogP contribution in [0.2, 0.25) is 0 Å². The Morgan fingerprint density at radius 3 is 2.32 bits per heavy atom. The molecule has 6 heteroatoms. The highest BCUT2D eigenvalue weighted by Crippen LogP contribution is 2.15. The quantitative estimate of drug-likeness (QED) is 0.297. The molecule has 142 valence electrons. The summed E-state index contributed by atoms with van der Waals surface area (Å²) in [4.78, 5) is 9.43. The highest BCUT2D eigenvalue weighted by molar-refractivity contribution is 14.0. The van der Waals surface area contributed by atoms with Crippen LogP contribution in [0, 0.1) is 0 Å². The molecule has 0 amide bonds. The van der Waals surface area contributed by atoms with Gasteiger partial charge in [0, 0.05) is 44.0 Å². The minimum atomic E-state index is -0.0218. The van der Waals surface area contributed by atoms with E-state index in [2.05, 4.69) is 71.2 Å². The zero-order valence-corrected chi connectivity index (χ0v) is 18.2. The predicted molar refractivity (Wildman–Crippen MR) is 119 cm³/mol. The Hall–Kier alpha value is -1.02. The smallest absolute Gasteiger partial charge is 0.188 e. The van der Waals surface area contributed by atoms with Gasteiger partial charge in [0.1, 0.15) is 0 Å². The van der Waals surface area contributed by atoms with Gasteiger partial charge in [0.25, 0.3) is 0 Å². The van der Waals surface area contributed by atoms with E-state index in [-0.39, 0.29) is 29.5 Å². The van der Waals surface area contributed by atoms with Crippen molar-refractivity contribution in [2.45, 2.75) is 39.2 Å². The fraction of sp³-hybridized carbons (Fsp3) is 0.632. The number of hydrogen-bond donors (Lipinski definition) is 2. The van der Waals surface area contributed by atoms with Gasteiger partial charge in [0.2, 0.25) is 0 Å². The van der Waals surface area contributed by atoms with E-state index in [1.54, 1.807) is 0 Å². The Bertz CT molecular complexity index is 504. The number of anilines is 1. The van der Waals surface area contributed by atoms with E-state index in [9.17, 15) is 0 Å². The molecule has 5 nitrogen and oxygen atoms in total. The van der Waals surface area contributed by atoms with E-state index in [0.29, 0.717) is 5.96 Å². The molecule has 1 aromatic carbocycles. The number of halogens is 1. The van der Waals surface area contributed by atoms with Crippen molar-refractivity contribution in [1.82, 2.24) is 10.2 Å². The van der Waals surface area contributed by atoms with Crippen LogP contribution in [0.3, 0.4) is 0 Å². The lowest BCUT2D eigenvalue weighted by molar-refractivity contribution is 0.253. The summed E-state index contributed by atoms with van der Waals surface area (Å²) >= 11 is 0. The molecule has 3 N–H and O–H groups in total. The number of hydrogen-bond acceptors (Lipinski definition) is 3. The molecule has 1 aromatic rings. The molecule has 1 aliphatic heterocycles. The fourth-order valence-corrected chi connectivity index (χ4v) is 2.94.